The molecule has 2 aromatic carbocycles. The number of piperidine rings is 1. The molecule has 1 saturated heterocycles. The fraction of sp³-hybridized carbons (Fsp3) is 0.278. The van der Waals surface area contributed by atoms with E-state index < -0.39 is 0 Å². The van der Waals surface area contributed by atoms with Crippen LogP contribution in [0.3, 0.4) is 0 Å². The number of hydrogen-bond acceptors (Lipinski definition) is 1. The summed E-state index contributed by atoms with van der Waals surface area (Å²) in [7, 11) is 2.14. The molecular weight excluding hydrogens is 244 g/mol. The molecule has 1 aliphatic rings. The Bertz CT molecular complexity index is 585. The number of benzene rings is 2. The summed E-state index contributed by atoms with van der Waals surface area (Å²) in [6, 6.07) is 19.0. The molecule has 1 fully saturated rings. The van der Waals surface area contributed by atoms with E-state index in [-0.39, 0.29) is 0 Å². The van der Waals surface area contributed by atoms with E-state index in [1.54, 1.807) is 0 Å². The molecule has 0 aromatic heterocycles. The first kappa shape index (κ1) is 12.9. The number of aliphatic imine (C=N–C) groups is 1. The van der Waals surface area contributed by atoms with Crippen LogP contribution in [0.25, 0.3) is 11.1 Å². The van der Waals surface area contributed by atoms with Gasteiger partial charge in [0.05, 0.1) is 5.69 Å². The summed E-state index contributed by atoms with van der Waals surface area (Å²) in [5.41, 5.74) is 3.54. The number of likely N-dealkylation sites (tertiary alicyclic amines) is 1. The normalized spacial score (nSPS) is 17.4. The SMILES string of the molecule is CN1CCCCC1=Nc1ccc(-c2ccccc2)cc1. The van der Waals surface area contributed by atoms with Crippen molar-refractivity contribution in [1.29, 1.82) is 0 Å². The number of hydrogen-bond donors (Lipinski definition) is 0. The van der Waals surface area contributed by atoms with Crippen molar-refractivity contribution in [2.24, 2.45) is 4.99 Å². The molecule has 2 heteroatoms. The third-order valence-corrected chi connectivity index (χ3v) is 3.82. The zero-order valence-electron chi connectivity index (χ0n) is 11.9. The Labute approximate surface area is 120 Å². The van der Waals surface area contributed by atoms with E-state index in [1.807, 2.05) is 6.07 Å². The summed E-state index contributed by atoms with van der Waals surface area (Å²) in [6.45, 7) is 1.13. The van der Waals surface area contributed by atoms with E-state index in [9.17, 15) is 0 Å². The molecule has 0 aliphatic carbocycles. The minimum atomic E-state index is 1.05. The lowest BCUT2D eigenvalue weighted by atomic mass is 10.1. The molecule has 2 aromatic rings. The van der Waals surface area contributed by atoms with E-state index in [4.69, 9.17) is 4.99 Å². The van der Waals surface area contributed by atoms with E-state index in [0.717, 1.165) is 18.7 Å². The molecule has 0 amide bonds. The number of amidine groups is 1. The Kier molecular flexibility index (Phi) is 3.82. The van der Waals surface area contributed by atoms with Crippen LogP contribution < -0.4 is 0 Å². The van der Waals surface area contributed by atoms with Gasteiger partial charge in [-0.2, -0.15) is 0 Å². The number of rotatable bonds is 2. The van der Waals surface area contributed by atoms with Crippen molar-refractivity contribution in [1.82, 2.24) is 4.90 Å². The van der Waals surface area contributed by atoms with Crippen molar-refractivity contribution in [3.05, 3.63) is 54.6 Å². The van der Waals surface area contributed by atoms with Crippen molar-refractivity contribution in [2.45, 2.75) is 19.3 Å². The fourth-order valence-corrected chi connectivity index (χ4v) is 2.60. The first-order valence-electron chi connectivity index (χ1n) is 7.27. The maximum Gasteiger partial charge on any atom is 0.105 e. The number of nitrogens with zero attached hydrogens (tertiary/aromatic N) is 2. The van der Waals surface area contributed by atoms with Gasteiger partial charge in [-0.1, -0.05) is 42.5 Å². The molecule has 3 rings (SSSR count). The van der Waals surface area contributed by atoms with E-state index in [0.29, 0.717) is 0 Å². The second-order valence-electron chi connectivity index (χ2n) is 5.32. The first-order chi connectivity index (χ1) is 9.83. The molecule has 1 aliphatic heterocycles. The maximum atomic E-state index is 4.78. The van der Waals surface area contributed by atoms with E-state index in [1.165, 1.54) is 29.8 Å². The van der Waals surface area contributed by atoms with Gasteiger partial charge in [-0.25, -0.2) is 4.99 Å². The minimum Gasteiger partial charge on any atom is -0.363 e. The monoisotopic (exact) mass is 264 g/mol. The van der Waals surface area contributed by atoms with Gasteiger partial charge in [-0.15, -0.1) is 0 Å². The van der Waals surface area contributed by atoms with E-state index >= 15 is 0 Å². The zero-order chi connectivity index (χ0) is 13.8. The Hall–Kier alpha value is -2.09. The zero-order valence-corrected chi connectivity index (χ0v) is 11.9. The standard InChI is InChI=1S/C18H20N2/c1-20-14-6-5-9-18(20)19-17-12-10-16(11-13-17)15-7-3-2-4-8-15/h2-4,7-8,10-13H,5-6,9,14H2,1H3. The van der Waals surface area contributed by atoms with Gasteiger partial charge in [0, 0.05) is 20.0 Å². The van der Waals surface area contributed by atoms with Crippen LogP contribution in [0.4, 0.5) is 5.69 Å². The molecule has 1 heterocycles. The fourth-order valence-electron chi connectivity index (χ4n) is 2.60. The Morgan fingerprint density at radius 3 is 2.25 bits per heavy atom. The van der Waals surface area contributed by atoms with Crippen molar-refractivity contribution >= 4 is 11.5 Å². The molecule has 2 nitrogen and oxygen atoms in total. The third-order valence-electron chi connectivity index (χ3n) is 3.82. The Balaban J connectivity index is 1.81. The topological polar surface area (TPSA) is 15.6 Å². The summed E-state index contributed by atoms with van der Waals surface area (Å²) < 4.78 is 0. The summed E-state index contributed by atoms with van der Waals surface area (Å²) in [6.07, 6.45) is 3.63. The lowest BCUT2D eigenvalue weighted by molar-refractivity contribution is 0.434. The average Bonchev–Trinajstić information content (AvgIpc) is 2.51. The van der Waals surface area contributed by atoms with Gasteiger partial charge < -0.3 is 4.90 Å². The highest BCUT2D eigenvalue weighted by Gasteiger charge is 2.11. The molecule has 0 unspecified atom stereocenters. The largest absolute Gasteiger partial charge is 0.363 e. The van der Waals surface area contributed by atoms with Crippen LogP contribution in [0, 0.1) is 0 Å². The minimum absolute atomic E-state index is 1.05. The molecule has 0 bridgehead atoms. The lowest BCUT2D eigenvalue weighted by Gasteiger charge is -2.26. The predicted molar refractivity (Wildman–Crippen MR) is 85.5 cm³/mol. The van der Waals surface area contributed by atoms with Crippen molar-refractivity contribution in [3.63, 3.8) is 0 Å². The van der Waals surface area contributed by atoms with Crippen LogP contribution in [0.1, 0.15) is 19.3 Å². The molecule has 102 valence electrons. The van der Waals surface area contributed by atoms with Gasteiger partial charge in [0.25, 0.3) is 0 Å². The van der Waals surface area contributed by atoms with Gasteiger partial charge >= 0.3 is 0 Å². The van der Waals surface area contributed by atoms with Crippen LogP contribution >= 0.6 is 0 Å². The second-order valence-corrected chi connectivity index (χ2v) is 5.32. The molecule has 0 N–H and O–H groups in total. The Morgan fingerprint density at radius 2 is 1.55 bits per heavy atom. The van der Waals surface area contributed by atoms with Crippen molar-refractivity contribution < 1.29 is 0 Å². The smallest absolute Gasteiger partial charge is 0.105 e. The highest BCUT2D eigenvalue weighted by molar-refractivity contribution is 5.85. The highest BCUT2D eigenvalue weighted by Crippen LogP contribution is 2.23. The first-order valence-corrected chi connectivity index (χ1v) is 7.27. The molecule has 0 saturated carbocycles. The molecule has 0 spiro atoms. The molecule has 0 radical (unpaired) electrons. The van der Waals surface area contributed by atoms with Gasteiger partial charge in [0.1, 0.15) is 5.84 Å². The van der Waals surface area contributed by atoms with Gasteiger partial charge in [0.15, 0.2) is 0 Å². The molecule has 0 atom stereocenters. The van der Waals surface area contributed by atoms with Crippen LogP contribution in [0.5, 0.6) is 0 Å². The van der Waals surface area contributed by atoms with Gasteiger partial charge in [-0.05, 0) is 36.1 Å². The second kappa shape index (κ2) is 5.91. The van der Waals surface area contributed by atoms with E-state index in [2.05, 4.69) is 60.5 Å². The van der Waals surface area contributed by atoms with Crippen LogP contribution in [-0.4, -0.2) is 24.3 Å². The van der Waals surface area contributed by atoms with Crippen LogP contribution in [0.15, 0.2) is 59.6 Å². The maximum absolute atomic E-state index is 4.78. The average molecular weight is 264 g/mol. The van der Waals surface area contributed by atoms with Crippen molar-refractivity contribution in [3.8, 4) is 11.1 Å². The van der Waals surface area contributed by atoms with Gasteiger partial charge in [0.2, 0.25) is 0 Å². The Morgan fingerprint density at radius 1 is 0.850 bits per heavy atom. The quantitative estimate of drug-likeness (QED) is 0.779. The van der Waals surface area contributed by atoms with Crippen LogP contribution in [0.2, 0.25) is 0 Å². The summed E-state index contributed by atoms with van der Waals surface area (Å²) in [4.78, 5) is 7.05. The summed E-state index contributed by atoms with van der Waals surface area (Å²) >= 11 is 0. The predicted octanol–water partition coefficient (Wildman–Crippen LogP) is 4.50. The van der Waals surface area contributed by atoms with Crippen molar-refractivity contribution in [2.75, 3.05) is 13.6 Å². The molecular formula is C18H20N2. The highest BCUT2D eigenvalue weighted by atomic mass is 15.2. The summed E-state index contributed by atoms with van der Waals surface area (Å²) in [5, 5.41) is 0. The lowest BCUT2D eigenvalue weighted by Crippen LogP contribution is -2.31. The summed E-state index contributed by atoms with van der Waals surface area (Å²) in [5.74, 6) is 1.21. The third kappa shape index (κ3) is 2.90. The van der Waals surface area contributed by atoms with Crippen LogP contribution in [-0.2, 0) is 0 Å². The molecule has 20 heavy (non-hydrogen) atoms. The van der Waals surface area contributed by atoms with Gasteiger partial charge in [-0.3, -0.25) is 0 Å².